The fraction of sp³-hybridized carbons (Fsp3) is 0.227. The van der Waals surface area contributed by atoms with Gasteiger partial charge in [0.25, 0.3) is 0 Å². The number of nitrogens with zero attached hydrogens (tertiary/aromatic N) is 7. The highest BCUT2D eigenvalue weighted by Crippen LogP contribution is 2.28. The summed E-state index contributed by atoms with van der Waals surface area (Å²) >= 11 is 12.1. The number of piperazine rings is 1. The Hall–Kier alpha value is -3.23. The maximum atomic E-state index is 12.8. The zero-order chi connectivity index (χ0) is 22.1. The van der Waals surface area contributed by atoms with Gasteiger partial charge in [-0.2, -0.15) is 4.80 Å². The van der Waals surface area contributed by atoms with Gasteiger partial charge in [-0.1, -0.05) is 35.3 Å². The highest BCUT2D eigenvalue weighted by Gasteiger charge is 2.23. The molecule has 3 heterocycles. The number of aromatic nitrogens is 5. The standard InChI is InChI=1S/C22H19Cl2N7O/c23-16-3-1-2-15(12-16)22-26-28-31(27-22)14-21(32)30-10-8-29(9-11-30)20-6-7-25-19-13-17(24)4-5-18(19)20/h1-7,12-13H,8-11,14H2. The molecule has 8 nitrogen and oxygen atoms in total. The second-order valence-corrected chi connectivity index (χ2v) is 8.39. The van der Waals surface area contributed by atoms with E-state index in [2.05, 4.69) is 25.3 Å². The largest absolute Gasteiger partial charge is 0.367 e. The molecule has 1 aliphatic rings. The summed E-state index contributed by atoms with van der Waals surface area (Å²) < 4.78 is 0. The number of benzene rings is 2. The fourth-order valence-corrected chi connectivity index (χ4v) is 4.21. The third-order valence-electron chi connectivity index (χ3n) is 5.47. The van der Waals surface area contributed by atoms with Crippen molar-refractivity contribution in [2.75, 3.05) is 31.1 Å². The number of pyridine rings is 1. The molecule has 0 spiro atoms. The van der Waals surface area contributed by atoms with Gasteiger partial charge < -0.3 is 9.80 Å². The van der Waals surface area contributed by atoms with E-state index in [1.54, 1.807) is 18.3 Å². The summed E-state index contributed by atoms with van der Waals surface area (Å²) in [7, 11) is 0. The molecule has 0 saturated carbocycles. The predicted molar refractivity (Wildman–Crippen MR) is 124 cm³/mol. The number of amides is 1. The van der Waals surface area contributed by atoms with Crippen LogP contribution in [0.4, 0.5) is 5.69 Å². The molecule has 2 aromatic heterocycles. The molecule has 4 aromatic rings. The van der Waals surface area contributed by atoms with Crippen LogP contribution in [0.1, 0.15) is 0 Å². The number of halogens is 2. The molecule has 32 heavy (non-hydrogen) atoms. The van der Waals surface area contributed by atoms with Gasteiger partial charge in [0, 0.05) is 59.1 Å². The number of fused-ring (bicyclic) bond motifs is 1. The summed E-state index contributed by atoms with van der Waals surface area (Å²) in [5.74, 6) is 0.404. The van der Waals surface area contributed by atoms with Crippen LogP contribution in [0, 0.1) is 0 Å². The highest BCUT2D eigenvalue weighted by molar-refractivity contribution is 6.31. The van der Waals surface area contributed by atoms with E-state index in [1.807, 2.05) is 41.3 Å². The van der Waals surface area contributed by atoms with Crippen molar-refractivity contribution in [2.24, 2.45) is 0 Å². The van der Waals surface area contributed by atoms with Crippen molar-refractivity contribution in [2.45, 2.75) is 6.54 Å². The van der Waals surface area contributed by atoms with Crippen LogP contribution in [0.15, 0.2) is 54.7 Å². The predicted octanol–water partition coefficient (Wildman–Crippen LogP) is 3.54. The lowest BCUT2D eigenvalue weighted by Crippen LogP contribution is -2.49. The van der Waals surface area contributed by atoms with E-state index in [-0.39, 0.29) is 12.5 Å². The first-order valence-corrected chi connectivity index (χ1v) is 10.9. The van der Waals surface area contributed by atoms with E-state index in [4.69, 9.17) is 23.2 Å². The van der Waals surface area contributed by atoms with E-state index in [9.17, 15) is 4.79 Å². The zero-order valence-corrected chi connectivity index (χ0v) is 18.5. The van der Waals surface area contributed by atoms with Crippen LogP contribution in [0.2, 0.25) is 10.0 Å². The fourth-order valence-electron chi connectivity index (χ4n) is 3.85. The molecule has 1 saturated heterocycles. The van der Waals surface area contributed by atoms with Gasteiger partial charge in [0.15, 0.2) is 0 Å². The Morgan fingerprint density at radius 1 is 0.969 bits per heavy atom. The minimum absolute atomic E-state index is 0.0361. The van der Waals surface area contributed by atoms with Crippen LogP contribution in [-0.4, -0.2) is 62.2 Å². The van der Waals surface area contributed by atoms with Crippen molar-refractivity contribution in [3.63, 3.8) is 0 Å². The summed E-state index contributed by atoms with van der Waals surface area (Å²) in [6.07, 6.45) is 1.79. The number of carbonyl (C=O) groups excluding carboxylic acids is 1. The molecule has 0 bridgehead atoms. The van der Waals surface area contributed by atoms with Crippen LogP contribution in [-0.2, 0) is 11.3 Å². The number of carbonyl (C=O) groups is 1. The number of hydrogen-bond acceptors (Lipinski definition) is 6. The molecule has 1 amide bonds. The van der Waals surface area contributed by atoms with Crippen molar-refractivity contribution in [1.29, 1.82) is 0 Å². The second kappa shape index (κ2) is 8.72. The number of tetrazole rings is 1. The molecule has 0 aliphatic carbocycles. The molecule has 0 radical (unpaired) electrons. The average molecular weight is 468 g/mol. The molecule has 10 heteroatoms. The minimum Gasteiger partial charge on any atom is -0.367 e. The van der Waals surface area contributed by atoms with Gasteiger partial charge >= 0.3 is 0 Å². The Morgan fingerprint density at radius 3 is 2.59 bits per heavy atom. The van der Waals surface area contributed by atoms with E-state index >= 15 is 0 Å². The Balaban J connectivity index is 1.23. The first-order chi connectivity index (χ1) is 15.6. The number of anilines is 1. The summed E-state index contributed by atoms with van der Waals surface area (Å²) in [4.78, 5) is 22.6. The third kappa shape index (κ3) is 4.24. The van der Waals surface area contributed by atoms with E-state index in [1.165, 1.54) is 4.80 Å². The summed E-state index contributed by atoms with van der Waals surface area (Å²) in [6, 6.07) is 15.0. The topological polar surface area (TPSA) is 80.0 Å². The number of hydrogen-bond donors (Lipinski definition) is 0. The molecule has 5 rings (SSSR count). The Kier molecular flexibility index (Phi) is 5.63. The van der Waals surface area contributed by atoms with Gasteiger partial charge in [0.05, 0.1) is 5.52 Å². The Labute approximate surface area is 194 Å². The van der Waals surface area contributed by atoms with Gasteiger partial charge in [-0.05, 0) is 41.6 Å². The SMILES string of the molecule is O=C(Cn1nnc(-c2cccc(Cl)c2)n1)N1CCN(c2ccnc3cc(Cl)ccc23)CC1. The van der Waals surface area contributed by atoms with Crippen molar-refractivity contribution in [1.82, 2.24) is 30.1 Å². The van der Waals surface area contributed by atoms with Crippen LogP contribution in [0.3, 0.4) is 0 Å². The molecule has 1 aliphatic heterocycles. The summed E-state index contributed by atoms with van der Waals surface area (Å²) in [6.45, 7) is 2.74. The van der Waals surface area contributed by atoms with Crippen LogP contribution in [0.25, 0.3) is 22.3 Å². The molecule has 0 atom stereocenters. The van der Waals surface area contributed by atoms with Crippen LogP contribution >= 0.6 is 23.2 Å². The monoisotopic (exact) mass is 467 g/mol. The maximum absolute atomic E-state index is 12.8. The zero-order valence-electron chi connectivity index (χ0n) is 17.0. The van der Waals surface area contributed by atoms with Gasteiger partial charge in [-0.3, -0.25) is 9.78 Å². The molecule has 0 unspecified atom stereocenters. The van der Waals surface area contributed by atoms with Crippen molar-refractivity contribution < 1.29 is 4.79 Å². The quantitative estimate of drug-likeness (QED) is 0.456. The summed E-state index contributed by atoms with van der Waals surface area (Å²) in [5.41, 5.74) is 2.72. The van der Waals surface area contributed by atoms with E-state index in [0.717, 1.165) is 35.2 Å². The highest BCUT2D eigenvalue weighted by atomic mass is 35.5. The minimum atomic E-state index is -0.0361. The Morgan fingerprint density at radius 2 is 1.78 bits per heavy atom. The molecule has 162 valence electrons. The van der Waals surface area contributed by atoms with Crippen molar-refractivity contribution >= 4 is 45.7 Å². The summed E-state index contributed by atoms with van der Waals surface area (Å²) in [5, 5.41) is 14.7. The van der Waals surface area contributed by atoms with Gasteiger partial charge in [-0.25, -0.2) is 0 Å². The van der Waals surface area contributed by atoms with E-state index in [0.29, 0.717) is 29.0 Å². The van der Waals surface area contributed by atoms with Crippen molar-refractivity contribution in [3.05, 3.63) is 64.8 Å². The van der Waals surface area contributed by atoms with Gasteiger partial charge in [-0.15, -0.1) is 10.2 Å². The van der Waals surface area contributed by atoms with E-state index < -0.39 is 0 Å². The van der Waals surface area contributed by atoms with Gasteiger partial charge in [0.2, 0.25) is 11.7 Å². The molecule has 1 fully saturated rings. The van der Waals surface area contributed by atoms with Crippen molar-refractivity contribution in [3.8, 4) is 11.4 Å². The molecule has 0 N–H and O–H groups in total. The lowest BCUT2D eigenvalue weighted by atomic mass is 10.1. The lowest BCUT2D eigenvalue weighted by molar-refractivity contribution is -0.132. The molecular formula is C22H19Cl2N7O. The first kappa shape index (κ1) is 20.7. The third-order valence-corrected chi connectivity index (χ3v) is 5.94. The van der Waals surface area contributed by atoms with Crippen LogP contribution < -0.4 is 4.90 Å². The second-order valence-electron chi connectivity index (χ2n) is 7.51. The average Bonchev–Trinajstić information content (AvgIpc) is 3.27. The molecular weight excluding hydrogens is 449 g/mol. The Bertz CT molecular complexity index is 1280. The van der Waals surface area contributed by atoms with Crippen LogP contribution in [0.5, 0.6) is 0 Å². The normalized spacial score (nSPS) is 14.2. The first-order valence-electron chi connectivity index (χ1n) is 10.2. The smallest absolute Gasteiger partial charge is 0.246 e. The number of rotatable bonds is 4. The van der Waals surface area contributed by atoms with Gasteiger partial charge in [0.1, 0.15) is 6.54 Å². The lowest BCUT2D eigenvalue weighted by Gasteiger charge is -2.36. The maximum Gasteiger partial charge on any atom is 0.246 e. The molecule has 2 aromatic carbocycles.